The Balaban J connectivity index is 2.39. The number of aromatic nitrogens is 1. The largest absolute Gasteiger partial charge is 0.281 e. The monoisotopic (exact) mass is 266 g/mol. The van der Waals surface area contributed by atoms with Crippen molar-refractivity contribution in [2.24, 2.45) is 0 Å². The van der Waals surface area contributed by atoms with Crippen LogP contribution < -0.4 is 4.31 Å². The SMILES string of the molecule is CN(c1ccc(F)cc1)S(=O)(=O)c1ccccn1. The molecule has 2 rings (SSSR count). The molecule has 0 atom stereocenters. The van der Waals surface area contributed by atoms with Gasteiger partial charge in [0.1, 0.15) is 5.82 Å². The third-order valence-corrected chi connectivity index (χ3v) is 4.15. The van der Waals surface area contributed by atoms with Crippen molar-refractivity contribution in [3.8, 4) is 0 Å². The molecule has 0 aliphatic rings. The number of hydrogen-bond acceptors (Lipinski definition) is 3. The summed E-state index contributed by atoms with van der Waals surface area (Å²) in [6, 6.07) is 9.86. The van der Waals surface area contributed by atoms with Gasteiger partial charge in [-0.3, -0.25) is 4.31 Å². The minimum Gasteiger partial charge on any atom is -0.268 e. The molecule has 1 heterocycles. The summed E-state index contributed by atoms with van der Waals surface area (Å²) in [5.74, 6) is -0.414. The number of rotatable bonds is 3. The Labute approximate surface area is 105 Å². The van der Waals surface area contributed by atoms with E-state index < -0.39 is 15.8 Å². The van der Waals surface area contributed by atoms with E-state index in [-0.39, 0.29) is 5.03 Å². The summed E-state index contributed by atoms with van der Waals surface area (Å²) in [6.07, 6.45) is 1.41. The van der Waals surface area contributed by atoms with Crippen LogP contribution >= 0.6 is 0 Å². The molecule has 0 radical (unpaired) electrons. The average molecular weight is 266 g/mol. The molecule has 0 spiro atoms. The normalized spacial score (nSPS) is 11.2. The fourth-order valence-electron chi connectivity index (χ4n) is 1.43. The zero-order valence-corrected chi connectivity index (χ0v) is 10.4. The van der Waals surface area contributed by atoms with Crippen molar-refractivity contribution in [3.05, 3.63) is 54.5 Å². The number of anilines is 1. The smallest absolute Gasteiger partial charge is 0.268 e. The van der Waals surface area contributed by atoms with Gasteiger partial charge in [0, 0.05) is 13.2 Å². The first-order valence-corrected chi connectivity index (χ1v) is 6.61. The second-order valence-corrected chi connectivity index (χ2v) is 5.53. The topological polar surface area (TPSA) is 50.3 Å². The Morgan fingerprint density at radius 3 is 2.33 bits per heavy atom. The Kier molecular flexibility index (Phi) is 3.29. The molecule has 94 valence electrons. The summed E-state index contributed by atoms with van der Waals surface area (Å²) < 4.78 is 38.2. The number of halogens is 1. The second-order valence-electron chi connectivity index (χ2n) is 3.62. The van der Waals surface area contributed by atoms with Crippen LogP contribution in [0.2, 0.25) is 0 Å². The molecule has 0 saturated carbocycles. The fourth-order valence-corrected chi connectivity index (χ4v) is 2.55. The van der Waals surface area contributed by atoms with Crippen molar-refractivity contribution >= 4 is 15.7 Å². The number of sulfonamides is 1. The first kappa shape index (κ1) is 12.5. The zero-order valence-electron chi connectivity index (χ0n) is 9.62. The molecule has 2 aromatic rings. The summed E-state index contributed by atoms with van der Waals surface area (Å²) in [4.78, 5) is 3.81. The average Bonchev–Trinajstić information content (AvgIpc) is 2.40. The van der Waals surface area contributed by atoms with Crippen LogP contribution in [0.15, 0.2) is 53.7 Å². The number of benzene rings is 1. The summed E-state index contributed by atoms with van der Waals surface area (Å²) in [6.45, 7) is 0. The number of pyridine rings is 1. The highest BCUT2D eigenvalue weighted by Crippen LogP contribution is 2.20. The van der Waals surface area contributed by atoms with Gasteiger partial charge in [-0.05, 0) is 36.4 Å². The van der Waals surface area contributed by atoms with Crippen LogP contribution in [0.4, 0.5) is 10.1 Å². The van der Waals surface area contributed by atoms with Crippen molar-refractivity contribution < 1.29 is 12.8 Å². The van der Waals surface area contributed by atoms with E-state index in [4.69, 9.17) is 0 Å². The Morgan fingerprint density at radius 2 is 1.78 bits per heavy atom. The number of hydrogen-bond donors (Lipinski definition) is 0. The van der Waals surface area contributed by atoms with Gasteiger partial charge in [-0.15, -0.1) is 0 Å². The van der Waals surface area contributed by atoms with E-state index in [9.17, 15) is 12.8 Å². The lowest BCUT2D eigenvalue weighted by Crippen LogP contribution is -2.27. The molecule has 0 N–H and O–H groups in total. The van der Waals surface area contributed by atoms with Gasteiger partial charge in [-0.1, -0.05) is 6.07 Å². The molecule has 0 aliphatic carbocycles. The predicted octanol–water partition coefficient (Wildman–Crippen LogP) is 2.05. The molecule has 0 unspecified atom stereocenters. The zero-order chi connectivity index (χ0) is 13.2. The van der Waals surface area contributed by atoms with Crippen LogP contribution in [-0.2, 0) is 10.0 Å². The maximum Gasteiger partial charge on any atom is 0.281 e. The van der Waals surface area contributed by atoms with Gasteiger partial charge in [0.15, 0.2) is 5.03 Å². The van der Waals surface area contributed by atoms with Crippen LogP contribution in [-0.4, -0.2) is 20.4 Å². The number of nitrogens with zero attached hydrogens (tertiary/aromatic N) is 2. The van der Waals surface area contributed by atoms with Gasteiger partial charge in [0.2, 0.25) is 0 Å². The third kappa shape index (κ3) is 2.33. The molecular weight excluding hydrogens is 255 g/mol. The van der Waals surface area contributed by atoms with Gasteiger partial charge in [0.25, 0.3) is 10.0 Å². The van der Waals surface area contributed by atoms with E-state index in [1.807, 2.05) is 0 Å². The van der Waals surface area contributed by atoms with Crippen LogP contribution in [0.25, 0.3) is 0 Å². The first-order valence-electron chi connectivity index (χ1n) is 5.17. The Morgan fingerprint density at radius 1 is 1.11 bits per heavy atom. The second kappa shape index (κ2) is 4.73. The predicted molar refractivity (Wildman–Crippen MR) is 66.2 cm³/mol. The van der Waals surface area contributed by atoms with Gasteiger partial charge in [0.05, 0.1) is 5.69 Å². The fraction of sp³-hybridized carbons (Fsp3) is 0.0833. The van der Waals surface area contributed by atoms with Crippen LogP contribution in [0.1, 0.15) is 0 Å². The molecule has 6 heteroatoms. The van der Waals surface area contributed by atoms with Gasteiger partial charge < -0.3 is 0 Å². The van der Waals surface area contributed by atoms with Crippen molar-refractivity contribution in [2.45, 2.75) is 5.03 Å². The quantitative estimate of drug-likeness (QED) is 0.854. The molecule has 0 fully saturated rings. The highest BCUT2D eigenvalue weighted by molar-refractivity contribution is 7.92. The van der Waals surface area contributed by atoms with E-state index in [1.165, 1.54) is 43.6 Å². The summed E-state index contributed by atoms with van der Waals surface area (Å²) in [5, 5.41) is -0.0446. The van der Waals surface area contributed by atoms with E-state index in [2.05, 4.69) is 4.98 Å². The lowest BCUT2D eigenvalue weighted by molar-refractivity contribution is 0.590. The molecular formula is C12H11FN2O2S. The van der Waals surface area contributed by atoms with E-state index in [0.717, 1.165) is 4.31 Å². The van der Waals surface area contributed by atoms with Crippen LogP contribution in [0.5, 0.6) is 0 Å². The highest BCUT2D eigenvalue weighted by Gasteiger charge is 2.22. The third-order valence-electron chi connectivity index (χ3n) is 2.45. The summed E-state index contributed by atoms with van der Waals surface area (Å²) in [5.41, 5.74) is 0.377. The standard InChI is InChI=1S/C12H11FN2O2S/c1-15(11-7-5-10(13)6-8-11)18(16,17)12-4-2-3-9-14-12/h2-9H,1H3. The van der Waals surface area contributed by atoms with Crippen molar-refractivity contribution in [2.75, 3.05) is 11.4 Å². The minimum absolute atomic E-state index is 0.0446. The molecule has 0 bridgehead atoms. The lowest BCUT2D eigenvalue weighted by Gasteiger charge is -2.18. The first-order chi connectivity index (χ1) is 8.51. The Hall–Kier alpha value is -1.95. The Bertz CT molecular complexity index is 627. The lowest BCUT2D eigenvalue weighted by atomic mass is 10.3. The summed E-state index contributed by atoms with van der Waals surface area (Å²) >= 11 is 0. The van der Waals surface area contributed by atoms with Crippen molar-refractivity contribution in [3.63, 3.8) is 0 Å². The van der Waals surface area contributed by atoms with Crippen LogP contribution in [0, 0.1) is 5.82 Å². The summed E-state index contributed by atoms with van der Waals surface area (Å²) in [7, 11) is -2.31. The van der Waals surface area contributed by atoms with Gasteiger partial charge in [-0.25, -0.2) is 9.37 Å². The van der Waals surface area contributed by atoms with E-state index in [1.54, 1.807) is 12.1 Å². The molecule has 1 aromatic heterocycles. The molecule has 18 heavy (non-hydrogen) atoms. The van der Waals surface area contributed by atoms with Gasteiger partial charge in [-0.2, -0.15) is 8.42 Å². The van der Waals surface area contributed by atoms with Crippen LogP contribution in [0.3, 0.4) is 0 Å². The molecule has 0 saturated heterocycles. The maximum absolute atomic E-state index is 12.8. The molecule has 0 amide bonds. The molecule has 1 aromatic carbocycles. The van der Waals surface area contributed by atoms with Crippen molar-refractivity contribution in [1.29, 1.82) is 0 Å². The van der Waals surface area contributed by atoms with Crippen molar-refractivity contribution in [1.82, 2.24) is 4.98 Å². The molecule has 4 nitrogen and oxygen atoms in total. The minimum atomic E-state index is -3.71. The maximum atomic E-state index is 12.8. The highest BCUT2D eigenvalue weighted by atomic mass is 32.2. The molecule has 0 aliphatic heterocycles. The van der Waals surface area contributed by atoms with E-state index >= 15 is 0 Å². The van der Waals surface area contributed by atoms with Gasteiger partial charge >= 0.3 is 0 Å². The van der Waals surface area contributed by atoms with E-state index in [0.29, 0.717) is 5.69 Å².